The molecule has 144 valence electrons. The molecule has 1 aliphatic rings. The van der Waals surface area contributed by atoms with Gasteiger partial charge < -0.3 is 14.4 Å². The number of sulfone groups is 1. The Morgan fingerprint density at radius 1 is 1.20 bits per heavy atom. The average Bonchev–Trinajstić information content (AvgIpc) is 2.63. The number of ether oxygens (including phenoxy) is 2. The molecule has 6 heteroatoms. The highest BCUT2D eigenvalue weighted by Gasteiger charge is 2.22. The van der Waals surface area contributed by atoms with Crippen molar-refractivity contribution in [3.8, 4) is 5.75 Å². The van der Waals surface area contributed by atoms with Crippen molar-refractivity contribution < 1.29 is 17.9 Å². The van der Waals surface area contributed by atoms with Crippen LogP contribution in [0.4, 0.5) is 0 Å². The minimum absolute atomic E-state index is 0.144. The minimum atomic E-state index is -3.26. The van der Waals surface area contributed by atoms with Gasteiger partial charge >= 0.3 is 0 Å². The van der Waals surface area contributed by atoms with Crippen molar-refractivity contribution in [1.29, 1.82) is 0 Å². The summed E-state index contributed by atoms with van der Waals surface area (Å²) in [4.78, 5) is 2.70. The van der Waals surface area contributed by atoms with Crippen LogP contribution >= 0.6 is 0 Å². The molecule has 0 aromatic heterocycles. The van der Waals surface area contributed by atoms with Crippen LogP contribution in [0.25, 0.3) is 0 Å². The lowest BCUT2D eigenvalue weighted by atomic mass is 10.1. The van der Waals surface area contributed by atoms with Crippen molar-refractivity contribution in [2.24, 2.45) is 0 Å². The summed E-state index contributed by atoms with van der Waals surface area (Å²) in [5.74, 6) is 0.641. The summed E-state index contributed by atoms with van der Waals surface area (Å²) in [7, 11) is -1.55. The van der Waals surface area contributed by atoms with E-state index in [9.17, 15) is 8.42 Å². The molecule has 1 aromatic carbocycles. The summed E-state index contributed by atoms with van der Waals surface area (Å²) in [5.41, 5.74) is 0. The summed E-state index contributed by atoms with van der Waals surface area (Å²) >= 11 is 0. The molecule has 1 fully saturated rings. The lowest BCUT2D eigenvalue weighted by molar-refractivity contribution is 0.0796. The van der Waals surface area contributed by atoms with Crippen molar-refractivity contribution >= 4 is 9.84 Å². The molecule has 0 aliphatic carbocycles. The molecule has 0 radical (unpaired) electrons. The second-order valence-electron chi connectivity index (χ2n) is 6.22. The van der Waals surface area contributed by atoms with Crippen molar-refractivity contribution in [2.45, 2.75) is 56.8 Å². The molecule has 1 saturated heterocycles. The van der Waals surface area contributed by atoms with Crippen LogP contribution in [0.2, 0.25) is 0 Å². The number of piperidine rings is 1. The molecule has 0 unspecified atom stereocenters. The predicted molar refractivity (Wildman–Crippen MR) is 102 cm³/mol. The maximum absolute atomic E-state index is 12.2. The molecule has 0 spiro atoms. The van der Waals surface area contributed by atoms with E-state index < -0.39 is 15.1 Å². The zero-order valence-corrected chi connectivity index (χ0v) is 17.0. The first-order chi connectivity index (χ1) is 11.9. The molecule has 1 aromatic rings. The van der Waals surface area contributed by atoms with Crippen molar-refractivity contribution in [2.75, 3.05) is 33.4 Å². The molecule has 0 amide bonds. The summed E-state index contributed by atoms with van der Waals surface area (Å²) < 4.78 is 35.6. The Kier molecular flexibility index (Phi) is 9.46. The fraction of sp³-hybridized carbons (Fsp3) is 0.684. The van der Waals surface area contributed by atoms with E-state index in [1.165, 1.54) is 0 Å². The number of rotatable bonds is 7. The fourth-order valence-electron chi connectivity index (χ4n) is 2.66. The second-order valence-corrected chi connectivity index (χ2v) is 8.72. The van der Waals surface area contributed by atoms with Crippen molar-refractivity contribution in [1.82, 2.24) is 4.90 Å². The first-order valence-corrected chi connectivity index (χ1v) is 10.7. The fourth-order valence-corrected chi connectivity index (χ4v) is 3.75. The Balaban J connectivity index is 0.00000151. The first kappa shape index (κ1) is 21.9. The molecule has 5 nitrogen and oxygen atoms in total. The monoisotopic (exact) mass is 371 g/mol. The van der Waals surface area contributed by atoms with E-state index in [0.717, 1.165) is 39.1 Å². The summed E-state index contributed by atoms with van der Waals surface area (Å²) in [6, 6.07) is 6.86. The van der Waals surface area contributed by atoms with Gasteiger partial charge in [0, 0.05) is 26.7 Å². The van der Waals surface area contributed by atoms with Gasteiger partial charge in [-0.25, -0.2) is 8.42 Å². The number of hydrogen-bond donors (Lipinski definition) is 0. The maximum Gasteiger partial charge on any atom is 0.180 e. The number of benzene rings is 1. The van der Waals surface area contributed by atoms with Gasteiger partial charge in [-0.05, 0) is 44.9 Å². The van der Waals surface area contributed by atoms with E-state index in [1.54, 1.807) is 39.2 Å². The average molecular weight is 372 g/mol. The number of nitrogens with zero attached hydrogens (tertiary/aromatic N) is 1. The van der Waals surface area contributed by atoms with Crippen LogP contribution in [0.3, 0.4) is 0 Å². The third-order valence-electron chi connectivity index (χ3n) is 4.20. The Labute approximate surface area is 153 Å². The number of hydrogen-bond acceptors (Lipinski definition) is 5. The van der Waals surface area contributed by atoms with Crippen LogP contribution in [0.5, 0.6) is 5.75 Å². The molecule has 0 bridgehead atoms. The zero-order chi connectivity index (χ0) is 18.9. The minimum Gasteiger partial charge on any atom is -0.490 e. The lowest BCUT2D eigenvalue weighted by Gasteiger charge is -2.32. The molecule has 0 atom stereocenters. The maximum atomic E-state index is 12.2. The smallest absolute Gasteiger partial charge is 0.180 e. The SMILES string of the molecule is CC.COCCN1CCC(Oc2cccc(S(=O)(=O)C(C)C)c2)CC1. The van der Waals surface area contributed by atoms with Crippen LogP contribution in [0.15, 0.2) is 29.2 Å². The number of methoxy groups -OCH3 is 1. The van der Waals surface area contributed by atoms with Gasteiger partial charge in [-0.3, -0.25) is 0 Å². The van der Waals surface area contributed by atoms with Crippen LogP contribution in [-0.2, 0) is 14.6 Å². The van der Waals surface area contributed by atoms with Crippen LogP contribution in [0.1, 0.15) is 40.5 Å². The van der Waals surface area contributed by atoms with Crippen LogP contribution in [-0.4, -0.2) is 58.0 Å². The lowest BCUT2D eigenvalue weighted by Crippen LogP contribution is -2.39. The highest BCUT2D eigenvalue weighted by molar-refractivity contribution is 7.92. The Hall–Kier alpha value is -1.11. The molecule has 2 rings (SSSR count). The largest absolute Gasteiger partial charge is 0.490 e. The molecule has 0 N–H and O–H groups in total. The van der Waals surface area contributed by atoms with Gasteiger partial charge in [0.15, 0.2) is 9.84 Å². The Bertz CT molecular complexity index is 593. The quantitative estimate of drug-likeness (QED) is 0.735. The summed E-state index contributed by atoms with van der Waals surface area (Å²) in [6.07, 6.45) is 2.04. The van der Waals surface area contributed by atoms with Gasteiger partial charge in [0.1, 0.15) is 11.9 Å². The third-order valence-corrected chi connectivity index (χ3v) is 6.36. The zero-order valence-electron chi connectivity index (χ0n) is 16.2. The summed E-state index contributed by atoms with van der Waals surface area (Å²) in [5, 5.41) is -0.429. The Morgan fingerprint density at radius 2 is 1.84 bits per heavy atom. The van der Waals surface area contributed by atoms with Crippen molar-refractivity contribution in [3.63, 3.8) is 0 Å². The van der Waals surface area contributed by atoms with Gasteiger partial charge in [-0.1, -0.05) is 19.9 Å². The third kappa shape index (κ3) is 6.60. The molecule has 25 heavy (non-hydrogen) atoms. The van der Waals surface area contributed by atoms with E-state index in [4.69, 9.17) is 9.47 Å². The highest BCUT2D eigenvalue weighted by Crippen LogP contribution is 2.24. The van der Waals surface area contributed by atoms with Gasteiger partial charge in [-0.15, -0.1) is 0 Å². The van der Waals surface area contributed by atoms with E-state index >= 15 is 0 Å². The summed E-state index contributed by atoms with van der Waals surface area (Å²) in [6.45, 7) is 11.1. The standard InChI is InChI=1S/C17H27NO4S.C2H6/c1-14(2)23(19,20)17-6-4-5-16(13-17)22-15-7-9-18(10-8-15)11-12-21-3;1-2/h4-6,13-15H,7-12H2,1-3H3;1-2H3. The van der Waals surface area contributed by atoms with Crippen LogP contribution < -0.4 is 4.74 Å². The van der Waals surface area contributed by atoms with E-state index in [-0.39, 0.29) is 6.10 Å². The van der Waals surface area contributed by atoms with E-state index in [2.05, 4.69) is 4.90 Å². The van der Waals surface area contributed by atoms with Gasteiger partial charge in [0.25, 0.3) is 0 Å². The topological polar surface area (TPSA) is 55.8 Å². The highest BCUT2D eigenvalue weighted by atomic mass is 32.2. The second kappa shape index (κ2) is 10.8. The number of likely N-dealkylation sites (tertiary alicyclic amines) is 1. The molecule has 1 aliphatic heterocycles. The van der Waals surface area contributed by atoms with Gasteiger partial charge in [0.2, 0.25) is 0 Å². The van der Waals surface area contributed by atoms with Gasteiger partial charge in [0.05, 0.1) is 16.8 Å². The molecular weight excluding hydrogens is 338 g/mol. The normalized spacial score (nSPS) is 16.4. The van der Waals surface area contributed by atoms with Crippen molar-refractivity contribution in [3.05, 3.63) is 24.3 Å². The Morgan fingerprint density at radius 3 is 2.40 bits per heavy atom. The first-order valence-electron chi connectivity index (χ1n) is 9.15. The molecule has 0 saturated carbocycles. The van der Waals surface area contributed by atoms with Crippen LogP contribution in [0, 0.1) is 0 Å². The molecule has 1 heterocycles. The predicted octanol–water partition coefficient (Wildman–Crippen LogP) is 3.38. The van der Waals surface area contributed by atoms with E-state index in [0.29, 0.717) is 10.6 Å². The van der Waals surface area contributed by atoms with E-state index in [1.807, 2.05) is 19.9 Å². The van der Waals surface area contributed by atoms with Gasteiger partial charge in [-0.2, -0.15) is 0 Å². The molecular formula is C19H33NO4S.